The summed E-state index contributed by atoms with van der Waals surface area (Å²) in [5.41, 5.74) is 4.16. The molecule has 1 aliphatic heterocycles. The number of rotatable bonds is 6. The molecule has 1 fully saturated rings. The highest BCUT2D eigenvalue weighted by atomic mass is 16.3. The summed E-state index contributed by atoms with van der Waals surface area (Å²) in [6.07, 6.45) is 4.30. The lowest BCUT2D eigenvalue weighted by atomic mass is 10.1. The Kier molecular flexibility index (Phi) is 6.31. The molecule has 3 aromatic rings. The molecule has 1 aliphatic rings. The van der Waals surface area contributed by atoms with Gasteiger partial charge in [-0.15, -0.1) is 0 Å². The van der Waals surface area contributed by atoms with E-state index in [9.17, 15) is 9.59 Å². The quantitative estimate of drug-likeness (QED) is 0.626. The number of likely N-dealkylation sites (tertiary alicyclic amines) is 1. The van der Waals surface area contributed by atoms with Crippen molar-refractivity contribution in [2.75, 3.05) is 25.0 Å². The Labute approximate surface area is 181 Å². The Morgan fingerprint density at radius 1 is 1.03 bits per heavy atom. The number of amides is 3. The van der Waals surface area contributed by atoms with E-state index in [0.29, 0.717) is 30.1 Å². The Balaban J connectivity index is 1.23. The van der Waals surface area contributed by atoms with E-state index < -0.39 is 0 Å². The fourth-order valence-electron chi connectivity index (χ4n) is 3.53. The maximum atomic E-state index is 12.4. The molecule has 3 amide bonds. The molecule has 7 heteroatoms. The van der Waals surface area contributed by atoms with Gasteiger partial charge < -0.3 is 20.0 Å². The van der Waals surface area contributed by atoms with E-state index in [-0.39, 0.29) is 11.9 Å². The number of carbonyl (C=O) groups excluding carboxylic acids is 2. The standard InChI is InChI=1S/C24H26N4O3/c1-17-4-6-18(7-5-17)22-26-21(16-31-22)12-13-25-24(30)27-20-10-8-19(9-11-20)23(29)28-14-2-3-15-28/h4-11,16H,2-3,12-15H2,1H3,(H2,25,27,30). The number of aromatic nitrogens is 1. The molecular weight excluding hydrogens is 392 g/mol. The fraction of sp³-hybridized carbons (Fsp3) is 0.292. The summed E-state index contributed by atoms with van der Waals surface area (Å²) in [5, 5.41) is 5.59. The Hall–Kier alpha value is -3.61. The van der Waals surface area contributed by atoms with E-state index in [1.165, 1.54) is 5.56 Å². The minimum absolute atomic E-state index is 0.0473. The van der Waals surface area contributed by atoms with Crippen molar-refractivity contribution >= 4 is 17.6 Å². The monoisotopic (exact) mass is 418 g/mol. The third-order valence-electron chi connectivity index (χ3n) is 5.30. The Morgan fingerprint density at radius 2 is 1.74 bits per heavy atom. The average molecular weight is 418 g/mol. The number of oxazole rings is 1. The van der Waals surface area contributed by atoms with Crippen molar-refractivity contribution in [3.05, 3.63) is 71.6 Å². The van der Waals surface area contributed by atoms with E-state index in [2.05, 4.69) is 15.6 Å². The molecule has 31 heavy (non-hydrogen) atoms. The molecule has 160 valence electrons. The van der Waals surface area contributed by atoms with E-state index in [1.807, 2.05) is 36.1 Å². The summed E-state index contributed by atoms with van der Waals surface area (Å²) in [6.45, 7) is 4.10. The molecule has 0 bridgehead atoms. The number of benzene rings is 2. The molecular formula is C24H26N4O3. The number of anilines is 1. The number of carbonyl (C=O) groups is 2. The topological polar surface area (TPSA) is 87.5 Å². The summed E-state index contributed by atoms with van der Waals surface area (Å²) in [7, 11) is 0. The smallest absolute Gasteiger partial charge is 0.319 e. The maximum absolute atomic E-state index is 12.4. The highest BCUT2D eigenvalue weighted by Gasteiger charge is 2.19. The zero-order valence-corrected chi connectivity index (χ0v) is 17.6. The molecule has 2 aromatic carbocycles. The number of aryl methyl sites for hydroxylation is 1. The van der Waals surface area contributed by atoms with Crippen LogP contribution in [0.25, 0.3) is 11.5 Å². The van der Waals surface area contributed by atoms with Gasteiger partial charge in [0.2, 0.25) is 5.89 Å². The molecule has 1 saturated heterocycles. The van der Waals surface area contributed by atoms with Crippen molar-refractivity contribution in [2.45, 2.75) is 26.2 Å². The van der Waals surface area contributed by atoms with Crippen molar-refractivity contribution in [2.24, 2.45) is 0 Å². The first-order valence-corrected chi connectivity index (χ1v) is 10.5. The lowest BCUT2D eigenvalue weighted by Gasteiger charge is -2.15. The first kappa shape index (κ1) is 20.7. The second-order valence-electron chi connectivity index (χ2n) is 7.72. The third kappa shape index (κ3) is 5.31. The second-order valence-corrected chi connectivity index (χ2v) is 7.72. The molecule has 2 heterocycles. The second kappa shape index (κ2) is 9.47. The van der Waals surface area contributed by atoms with Crippen LogP contribution >= 0.6 is 0 Å². The van der Waals surface area contributed by atoms with Gasteiger partial charge in [0, 0.05) is 42.9 Å². The number of hydrogen-bond acceptors (Lipinski definition) is 4. The molecule has 0 aliphatic carbocycles. The Bertz CT molecular complexity index is 1040. The number of nitrogens with one attached hydrogen (secondary N) is 2. The van der Waals surface area contributed by atoms with Crippen LogP contribution in [0, 0.1) is 6.92 Å². The zero-order chi connectivity index (χ0) is 21.6. The van der Waals surface area contributed by atoms with Gasteiger partial charge >= 0.3 is 6.03 Å². The summed E-state index contributed by atoms with van der Waals surface area (Å²) < 4.78 is 5.54. The molecule has 2 N–H and O–H groups in total. The van der Waals surface area contributed by atoms with Gasteiger partial charge in [0.15, 0.2) is 0 Å². The van der Waals surface area contributed by atoms with Crippen LogP contribution in [0.5, 0.6) is 0 Å². The van der Waals surface area contributed by atoms with Crippen molar-refractivity contribution < 1.29 is 14.0 Å². The highest BCUT2D eigenvalue weighted by molar-refractivity contribution is 5.95. The van der Waals surface area contributed by atoms with Gasteiger partial charge in [-0.05, 0) is 56.2 Å². The van der Waals surface area contributed by atoms with Crippen LogP contribution in [0.4, 0.5) is 10.5 Å². The number of nitrogens with zero attached hydrogens (tertiary/aromatic N) is 2. The maximum Gasteiger partial charge on any atom is 0.319 e. The van der Waals surface area contributed by atoms with Crippen molar-refractivity contribution in [3.8, 4) is 11.5 Å². The van der Waals surface area contributed by atoms with Crippen molar-refractivity contribution in [1.29, 1.82) is 0 Å². The highest BCUT2D eigenvalue weighted by Crippen LogP contribution is 2.19. The van der Waals surface area contributed by atoms with Crippen LogP contribution in [0.15, 0.2) is 59.2 Å². The minimum Gasteiger partial charge on any atom is -0.444 e. The molecule has 1 aromatic heterocycles. The van der Waals surface area contributed by atoms with Crippen molar-refractivity contribution in [3.63, 3.8) is 0 Å². The van der Waals surface area contributed by atoms with E-state index in [4.69, 9.17) is 4.42 Å². The molecule has 0 unspecified atom stereocenters. The summed E-state index contributed by atoms with van der Waals surface area (Å²) in [5.74, 6) is 0.620. The molecule has 0 spiro atoms. The number of urea groups is 1. The van der Waals surface area contributed by atoms with Crippen LogP contribution in [0.3, 0.4) is 0 Å². The van der Waals surface area contributed by atoms with Crippen LogP contribution in [0.1, 0.15) is 34.5 Å². The molecule has 4 rings (SSSR count). The predicted molar refractivity (Wildman–Crippen MR) is 119 cm³/mol. The van der Waals surface area contributed by atoms with Gasteiger partial charge in [-0.3, -0.25) is 4.79 Å². The first-order valence-electron chi connectivity index (χ1n) is 10.5. The third-order valence-corrected chi connectivity index (χ3v) is 5.30. The van der Waals surface area contributed by atoms with E-state index >= 15 is 0 Å². The summed E-state index contributed by atoms with van der Waals surface area (Å²) >= 11 is 0. The van der Waals surface area contributed by atoms with E-state index in [0.717, 1.165) is 37.2 Å². The largest absolute Gasteiger partial charge is 0.444 e. The SMILES string of the molecule is Cc1ccc(-c2nc(CCNC(=O)Nc3ccc(C(=O)N4CCCC4)cc3)co2)cc1. The van der Waals surface area contributed by atoms with Gasteiger partial charge in [-0.2, -0.15) is 0 Å². The number of hydrogen-bond donors (Lipinski definition) is 2. The van der Waals surface area contributed by atoms with Gasteiger partial charge in [0.1, 0.15) is 6.26 Å². The summed E-state index contributed by atoms with van der Waals surface area (Å²) in [4.78, 5) is 30.9. The normalized spacial score (nSPS) is 13.3. The van der Waals surface area contributed by atoms with Gasteiger partial charge in [-0.1, -0.05) is 17.7 Å². The van der Waals surface area contributed by atoms with Crippen molar-refractivity contribution in [1.82, 2.24) is 15.2 Å². The van der Waals surface area contributed by atoms with Gasteiger partial charge in [0.25, 0.3) is 5.91 Å². The van der Waals surface area contributed by atoms with Gasteiger partial charge in [0.05, 0.1) is 5.69 Å². The first-order chi connectivity index (χ1) is 15.1. The molecule has 0 saturated carbocycles. The predicted octanol–water partition coefficient (Wildman–Crippen LogP) is 4.25. The minimum atomic E-state index is -0.305. The van der Waals surface area contributed by atoms with Crippen LogP contribution < -0.4 is 10.6 Å². The zero-order valence-electron chi connectivity index (χ0n) is 17.6. The molecule has 0 atom stereocenters. The van der Waals surface area contributed by atoms with Crippen LogP contribution in [0.2, 0.25) is 0 Å². The summed E-state index contributed by atoms with van der Waals surface area (Å²) in [6, 6.07) is 14.7. The molecule has 0 radical (unpaired) electrons. The average Bonchev–Trinajstić information content (AvgIpc) is 3.47. The van der Waals surface area contributed by atoms with E-state index in [1.54, 1.807) is 30.5 Å². The molecule has 7 nitrogen and oxygen atoms in total. The lowest BCUT2D eigenvalue weighted by molar-refractivity contribution is 0.0793. The fourth-order valence-corrected chi connectivity index (χ4v) is 3.53. The Morgan fingerprint density at radius 3 is 2.45 bits per heavy atom. The van der Waals surface area contributed by atoms with Gasteiger partial charge in [-0.25, -0.2) is 9.78 Å². The van der Waals surface area contributed by atoms with Crippen LogP contribution in [-0.2, 0) is 6.42 Å². The lowest BCUT2D eigenvalue weighted by Crippen LogP contribution is -2.30. The van der Waals surface area contributed by atoms with Crippen LogP contribution in [-0.4, -0.2) is 41.5 Å².